The van der Waals surface area contributed by atoms with Crippen LogP contribution in [0.5, 0.6) is 0 Å². The molecule has 5 nitrogen and oxygen atoms in total. The van der Waals surface area contributed by atoms with Gasteiger partial charge in [0, 0.05) is 11.8 Å². The molecule has 0 radical (unpaired) electrons. The molecular formula is C13H11ClN2O3S. The molecule has 0 atom stereocenters. The summed E-state index contributed by atoms with van der Waals surface area (Å²) in [7, 11) is -3.79. The van der Waals surface area contributed by atoms with Gasteiger partial charge in [0.05, 0.1) is 9.92 Å². The van der Waals surface area contributed by atoms with Gasteiger partial charge in [0.15, 0.2) is 11.6 Å². The summed E-state index contributed by atoms with van der Waals surface area (Å²) in [5, 5.41) is 0.205. The van der Waals surface area contributed by atoms with Gasteiger partial charge in [-0.1, -0.05) is 23.7 Å². The maximum Gasteiger partial charge on any atom is 0.263 e. The van der Waals surface area contributed by atoms with Crippen LogP contribution in [0.15, 0.2) is 47.5 Å². The van der Waals surface area contributed by atoms with Gasteiger partial charge in [-0.25, -0.2) is 13.4 Å². The van der Waals surface area contributed by atoms with Crippen LogP contribution in [0.4, 0.5) is 5.82 Å². The first-order valence-corrected chi connectivity index (χ1v) is 7.50. The molecule has 104 valence electrons. The molecule has 0 aliphatic heterocycles. The summed E-state index contributed by atoms with van der Waals surface area (Å²) in [6.07, 6.45) is 1.43. The number of ketones is 1. The zero-order valence-corrected chi connectivity index (χ0v) is 12.1. The third-order valence-corrected chi connectivity index (χ3v) is 4.22. The quantitative estimate of drug-likeness (QED) is 0.881. The number of anilines is 1. The number of Topliss-reactive ketones (excluding diaryl/α,β-unsaturated/α-hetero) is 1. The Hall–Kier alpha value is -1.92. The minimum absolute atomic E-state index is 0.0317. The number of rotatable bonds is 4. The number of hydrogen-bond donors (Lipinski definition) is 1. The van der Waals surface area contributed by atoms with E-state index in [1.165, 1.54) is 43.5 Å². The Morgan fingerprint density at radius 1 is 1.20 bits per heavy atom. The van der Waals surface area contributed by atoms with E-state index in [4.69, 9.17) is 11.6 Å². The molecule has 0 amide bonds. The number of nitrogens with zero attached hydrogens (tertiary/aromatic N) is 1. The summed E-state index contributed by atoms with van der Waals surface area (Å²) >= 11 is 5.85. The van der Waals surface area contributed by atoms with Crippen LogP contribution in [0.1, 0.15) is 17.3 Å². The van der Waals surface area contributed by atoms with E-state index < -0.39 is 10.0 Å². The van der Waals surface area contributed by atoms with E-state index in [0.717, 1.165) is 0 Å². The Kier molecular flexibility index (Phi) is 4.06. The third-order valence-electron chi connectivity index (χ3n) is 2.56. The molecule has 0 aliphatic carbocycles. The summed E-state index contributed by atoms with van der Waals surface area (Å²) in [4.78, 5) is 15.0. The average molecular weight is 311 g/mol. The fourth-order valence-electron chi connectivity index (χ4n) is 1.52. The predicted molar refractivity (Wildman–Crippen MR) is 76.5 cm³/mol. The molecule has 0 aliphatic rings. The molecule has 1 aromatic carbocycles. The van der Waals surface area contributed by atoms with Crippen LogP contribution in [-0.2, 0) is 10.0 Å². The van der Waals surface area contributed by atoms with Gasteiger partial charge in [0.2, 0.25) is 0 Å². The van der Waals surface area contributed by atoms with Gasteiger partial charge >= 0.3 is 0 Å². The number of halogens is 1. The highest BCUT2D eigenvalue weighted by Crippen LogP contribution is 2.21. The van der Waals surface area contributed by atoms with Crippen LogP contribution >= 0.6 is 11.6 Å². The van der Waals surface area contributed by atoms with E-state index in [1.54, 1.807) is 6.07 Å². The Bertz CT molecular complexity index is 742. The fourth-order valence-corrected chi connectivity index (χ4v) is 2.77. The van der Waals surface area contributed by atoms with Crippen LogP contribution in [0, 0.1) is 0 Å². The Balaban J connectivity index is 2.31. The van der Waals surface area contributed by atoms with E-state index in [9.17, 15) is 13.2 Å². The van der Waals surface area contributed by atoms with Crippen molar-refractivity contribution in [2.75, 3.05) is 4.72 Å². The molecule has 2 rings (SSSR count). The Labute approximate surface area is 121 Å². The van der Waals surface area contributed by atoms with E-state index in [2.05, 4.69) is 9.71 Å². The standard InChI is InChI=1S/C13H11ClN2O3S/c1-9(17)10-4-6-11(7-5-10)20(18,19)16-13-12(14)3-2-8-15-13/h2-8H,1H3,(H,15,16). The zero-order valence-electron chi connectivity index (χ0n) is 10.5. The SMILES string of the molecule is CC(=O)c1ccc(S(=O)(=O)Nc2ncccc2Cl)cc1. The number of nitrogens with one attached hydrogen (secondary N) is 1. The second-order valence-corrected chi connectivity index (χ2v) is 6.11. The molecule has 7 heteroatoms. The van der Waals surface area contributed by atoms with Crippen molar-refractivity contribution in [2.45, 2.75) is 11.8 Å². The van der Waals surface area contributed by atoms with Gasteiger partial charge in [0.25, 0.3) is 10.0 Å². The molecule has 0 bridgehead atoms. The molecule has 0 unspecified atom stereocenters. The molecule has 2 aromatic rings. The van der Waals surface area contributed by atoms with Gasteiger partial charge in [-0.15, -0.1) is 0 Å². The Morgan fingerprint density at radius 3 is 2.40 bits per heavy atom. The van der Waals surface area contributed by atoms with Crippen LogP contribution < -0.4 is 4.72 Å². The highest BCUT2D eigenvalue weighted by molar-refractivity contribution is 7.92. The smallest absolute Gasteiger partial charge is 0.263 e. The van der Waals surface area contributed by atoms with E-state index in [1.807, 2.05) is 0 Å². The van der Waals surface area contributed by atoms with Crippen molar-refractivity contribution in [1.82, 2.24) is 4.98 Å². The van der Waals surface area contributed by atoms with E-state index in [-0.39, 0.29) is 21.5 Å². The van der Waals surface area contributed by atoms with Crippen molar-refractivity contribution in [3.63, 3.8) is 0 Å². The summed E-state index contributed by atoms with van der Waals surface area (Å²) in [6.45, 7) is 1.41. The van der Waals surface area contributed by atoms with Crippen LogP contribution in [-0.4, -0.2) is 19.2 Å². The molecule has 20 heavy (non-hydrogen) atoms. The first-order chi connectivity index (χ1) is 9.40. The summed E-state index contributed by atoms with van der Waals surface area (Å²) < 4.78 is 26.6. The van der Waals surface area contributed by atoms with Crippen molar-refractivity contribution in [3.05, 3.63) is 53.2 Å². The molecule has 0 fully saturated rings. The van der Waals surface area contributed by atoms with E-state index in [0.29, 0.717) is 5.56 Å². The third kappa shape index (κ3) is 3.15. The largest absolute Gasteiger partial charge is 0.295 e. The first kappa shape index (κ1) is 14.5. The normalized spacial score (nSPS) is 11.1. The molecule has 0 saturated carbocycles. The summed E-state index contributed by atoms with van der Waals surface area (Å²) in [5.74, 6) is -0.0699. The van der Waals surface area contributed by atoms with Crippen molar-refractivity contribution in [1.29, 1.82) is 0 Å². The van der Waals surface area contributed by atoms with Crippen LogP contribution in [0.3, 0.4) is 0 Å². The average Bonchev–Trinajstić information content (AvgIpc) is 2.41. The van der Waals surface area contributed by atoms with Crippen molar-refractivity contribution < 1.29 is 13.2 Å². The predicted octanol–water partition coefficient (Wildman–Crippen LogP) is 2.74. The molecular weight excluding hydrogens is 300 g/mol. The minimum Gasteiger partial charge on any atom is -0.295 e. The van der Waals surface area contributed by atoms with Gasteiger partial charge in [0.1, 0.15) is 0 Å². The van der Waals surface area contributed by atoms with Crippen LogP contribution in [0.2, 0.25) is 5.02 Å². The molecule has 1 N–H and O–H groups in total. The highest BCUT2D eigenvalue weighted by atomic mass is 35.5. The second-order valence-electron chi connectivity index (χ2n) is 4.02. The number of sulfonamides is 1. The fraction of sp³-hybridized carbons (Fsp3) is 0.0769. The topological polar surface area (TPSA) is 76.1 Å². The summed E-state index contributed by atoms with van der Waals surface area (Å²) in [5.41, 5.74) is 0.444. The molecule has 1 aromatic heterocycles. The highest BCUT2D eigenvalue weighted by Gasteiger charge is 2.16. The van der Waals surface area contributed by atoms with Gasteiger partial charge in [-0.05, 0) is 31.2 Å². The number of pyridine rings is 1. The second kappa shape index (κ2) is 5.60. The Morgan fingerprint density at radius 2 is 1.85 bits per heavy atom. The number of carbonyl (C=O) groups excluding carboxylic acids is 1. The first-order valence-electron chi connectivity index (χ1n) is 5.64. The number of aromatic nitrogens is 1. The van der Waals surface area contributed by atoms with Crippen molar-refractivity contribution >= 4 is 33.2 Å². The lowest BCUT2D eigenvalue weighted by Gasteiger charge is -2.08. The maximum absolute atomic E-state index is 12.1. The minimum atomic E-state index is -3.79. The number of benzene rings is 1. The lowest BCUT2D eigenvalue weighted by atomic mass is 10.2. The lowest BCUT2D eigenvalue weighted by Crippen LogP contribution is -2.14. The number of hydrogen-bond acceptors (Lipinski definition) is 4. The van der Waals surface area contributed by atoms with E-state index >= 15 is 0 Å². The molecule has 0 saturated heterocycles. The van der Waals surface area contributed by atoms with Gasteiger partial charge < -0.3 is 0 Å². The van der Waals surface area contributed by atoms with Crippen LogP contribution in [0.25, 0.3) is 0 Å². The lowest BCUT2D eigenvalue weighted by molar-refractivity contribution is 0.101. The number of carbonyl (C=O) groups is 1. The monoisotopic (exact) mass is 310 g/mol. The zero-order chi connectivity index (χ0) is 14.8. The summed E-state index contributed by atoms with van der Waals surface area (Å²) in [6, 6.07) is 8.76. The van der Waals surface area contributed by atoms with Crippen molar-refractivity contribution in [2.24, 2.45) is 0 Å². The van der Waals surface area contributed by atoms with Gasteiger partial charge in [-0.2, -0.15) is 0 Å². The maximum atomic E-state index is 12.1. The van der Waals surface area contributed by atoms with Gasteiger partial charge in [-0.3, -0.25) is 9.52 Å². The van der Waals surface area contributed by atoms with Crippen molar-refractivity contribution in [3.8, 4) is 0 Å². The molecule has 1 heterocycles. The molecule has 0 spiro atoms.